The van der Waals surface area contributed by atoms with Gasteiger partial charge in [-0.3, -0.25) is 9.59 Å². The number of ether oxygens (including phenoxy) is 4. The van der Waals surface area contributed by atoms with E-state index in [-0.39, 0.29) is 48.5 Å². The van der Waals surface area contributed by atoms with Crippen molar-refractivity contribution < 1.29 is 46.5 Å². The molecule has 24 nitrogen and oxygen atoms in total. The van der Waals surface area contributed by atoms with Gasteiger partial charge in [-0.15, -0.1) is 29.0 Å². The molecule has 0 saturated carbocycles. The molecule has 2 saturated heterocycles. The second kappa shape index (κ2) is 30.0. The van der Waals surface area contributed by atoms with Gasteiger partial charge >= 0.3 is 12.1 Å². The summed E-state index contributed by atoms with van der Waals surface area (Å²) in [5.41, 5.74) is 18.9. The lowest BCUT2D eigenvalue weighted by atomic mass is 9.97. The Hall–Kier alpha value is -5.50. The number of hydrogen-bond donors (Lipinski definition) is 4. The molecular formula is C45H73ClF3N17O7. The highest BCUT2D eigenvalue weighted by molar-refractivity contribution is 5.85. The van der Waals surface area contributed by atoms with Gasteiger partial charge in [0.15, 0.2) is 0 Å². The lowest BCUT2D eigenvalue weighted by molar-refractivity contribution is -0.200. The van der Waals surface area contributed by atoms with Crippen LogP contribution in [0.25, 0.3) is 0 Å². The smallest absolute Gasteiger partial charge is 0.457 e. The summed E-state index contributed by atoms with van der Waals surface area (Å²) in [5, 5.41) is 20.1. The van der Waals surface area contributed by atoms with Gasteiger partial charge < -0.3 is 61.1 Å². The van der Waals surface area contributed by atoms with E-state index in [1.165, 1.54) is 10.9 Å². The SMILES string of the molecule is C#CCOCCOCCOCCNc1nc(N2CCN(C(=O)C([C@@H](C)CC)n3cc(C(N)CC(C)C)nn3)CC2)nc(N2CCN(C(=O)[C@H](CCCCN)n3cc(C(N)COC(=O)C(F)(F)F)nn3)CC2)n1.Cl. The predicted molar refractivity (Wildman–Crippen MR) is 265 cm³/mol. The molecule has 3 aromatic rings. The highest BCUT2D eigenvalue weighted by Gasteiger charge is 2.41. The third-order valence-electron chi connectivity index (χ3n) is 12.2. The third kappa shape index (κ3) is 18.1. The molecule has 0 bridgehead atoms. The topological polar surface area (TPSA) is 291 Å². The number of nitrogens with zero attached hydrogens (tertiary/aromatic N) is 13. The van der Waals surface area contributed by atoms with Crippen LogP contribution in [0.5, 0.6) is 0 Å². The number of nitrogens with one attached hydrogen (secondary N) is 1. The number of carbonyl (C=O) groups is 3. The van der Waals surface area contributed by atoms with Crippen LogP contribution in [-0.4, -0.2) is 190 Å². The molecule has 0 aromatic carbocycles. The fourth-order valence-corrected chi connectivity index (χ4v) is 8.03. The minimum absolute atomic E-state index is 0. The van der Waals surface area contributed by atoms with Gasteiger partial charge in [-0.1, -0.05) is 50.5 Å². The van der Waals surface area contributed by atoms with Crippen LogP contribution in [0.4, 0.5) is 31.0 Å². The van der Waals surface area contributed by atoms with Gasteiger partial charge in [0.25, 0.3) is 0 Å². The van der Waals surface area contributed by atoms with Crippen molar-refractivity contribution in [2.75, 3.05) is 127 Å². The molecule has 0 aliphatic carbocycles. The van der Waals surface area contributed by atoms with Crippen molar-refractivity contribution in [1.29, 1.82) is 0 Å². The lowest BCUT2D eigenvalue weighted by Gasteiger charge is -2.38. The first-order chi connectivity index (χ1) is 34.5. The largest absolute Gasteiger partial charge is 0.490 e. The number of anilines is 3. The summed E-state index contributed by atoms with van der Waals surface area (Å²) < 4.78 is 61.9. The maximum Gasteiger partial charge on any atom is 0.490 e. The number of hydrogen-bond acceptors (Lipinski definition) is 20. The Labute approximate surface area is 430 Å². The van der Waals surface area contributed by atoms with Gasteiger partial charge in [0.05, 0.1) is 63.2 Å². The van der Waals surface area contributed by atoms with E-state index in [2.05, 4.69) is 50.4 Å². The number of piperazine rings is 2. The number of unbranched alkanes of at least 4 members (excludes halogenated alkanes) is 1. The minimum Gasteiger partial charge on any atom is -0.457 e. The molecule has 5 heterocycles. The monoisotopic (exact) mass is 1060 g/mol. The van der Waals surface area contributed by atoms with E-state index in [1.54, 1.807) is 15.8 Å². The average molecular weight is 1060 g/mol. The van der Waals surface area contributed by atoms with E-state index in [4.69, 9.17) is 52.8 Å². The molecule has 3 aromatic heterocycles. The van der Waals surface area contributed by atoms with Crippen molar-refractivity contribution in [2.45, 2.75) is 90.1 Å². The first kappa shape index (κ1) is 60.1. The van der Waals surface area contributed by atoms with Gasteiger partial charge in [0.1, 0.15) is 31.0 Å². The first-order valence-electron chi connectivity index (χ1n) is 24.6. The zero-order valence-electron chi connectivity index (χ0n) is 42.2. The number of carbonyl (C=O) groups excluding carboxylic acids is 3. The van der Waals surface area contributed by atoms with Crippen molar-refractivity contribution in [3.63, 3.8) is 0 Å². The van der Waals surface area contributed by atoms with Crippen LogP contribution in [0, 0.1) is 24.2 Å². The maximum atomic E-state index is 14.3. The number of halogens is 4. The molecule has 5 atom stereocenters. The van der Waals surface area contributed by atoms with E-state index in [0.717, 1.165) is 12.8 Å². The highest BCUT2D eigenvalue weighted by atomic mass is 35.5. The second-order valence-electron chi connectivity index (χ2n) is 18.1. The van der Waals surface area contributed by atoms with Crippen LogP contribution in [0.3, 0.4) is 0 Å². The first-order valence-corrected chi connectivity index (χ1v) is 24.6. The zero-order valence-corrected chi connectivity index (χ0v) is 43.0. The number of esters is 1. The van der Waals surface area contributed by atoms with Gasteiger partial charge in [0, 0.05) is 58.9 Å². The summed E-state index contributed by atoms with van der Waals surface area (Å²) in [6.07, 6.45) is 6.27. The summed E-state index contributed by atoms with van der Waals surface area (Å²) in [4.78, 5) is 61.7. The van der Waals surface area contributed by atoms with Gasteiger partial charge in [-0.05, 0) is 44.1 Å². The van der Waals surface area contributed by atoms with Crippen molar-refractivity contribution in [3.8, 4) is 12.3 Å². The molecule has 5 rings (SSSR count). The van der Waals surface area contributed by atoms with Crippen LogP contribution in [-0.2, 0) is 33.3 Å². The summed E-state index contributed by atoms with van der Waals surface area (Å²) in [6.45, 7) is 13.4. The summed E-state index contributed by atoms with van der Waals surface area (Å²) >= 11 is 0. The number of alkyl halides is 3. The number of rotatable bonds is 29. The lowest BCUT2D eigenvalue weighted by Crippen LogP contribution is -2.52. The Balaban J connectivity index is 0.0000116. The molecule has 3 unspecified atom stereocenters. The van der Waals surface area contributed by atoms with Crippen LogP contribution in [0.2, 0.25) is 0 Å². The Morgan fingerprint density at radius 3 is 1.89 bits per heavy atom. The normalized spacial score (nSPS) is 16.4. The van der Waals surface area contributed by atoms with E-state index in [1.807, 2.05) is 28.5 Å². The maximum absolute atomic E-state index is 14.3. The van der Waals surface area contributed by atoms with Crippen LogP contribution >= 0.6 is 12.4 Å². The van der Waals surface area contributed by atoms with Crippen molar-refractivity contribution in [1.82, 2.24) is 54.7 Å². The minimum atomic E-state index is -5.18. The van der Waals surface area contributed by atoms with E-state index < -0.39 is 36.9 Å². The molecule has 2 aliphatic heterocycles. The summed E-state index contributed by atoms with van der Waals surface area (Å²) in [6, 6.07) is -2.87. The molecule has 2 fully saturated rings. The third-order valence-corrected chi connectivity index (χ3v) is 12.2. The second-order valence-corrected chi connectivity index (χ2v) is 18.1. The van der Waals surface area contributed by atoms with Crippen molar-refractivity contribution in [3.05, 3.63) is 23.8 Å². The highest BCUT2D eigenvalue weighted by Crippen LogP contribution is 2.28. The van der Waals surface area contributed by atoms with Gasteiger partial charge in [0.2, 0.25) is 29.7 Å². The summed E-state index contributed by atoms with van der Waals surface area (Å²) in [7, 11) is 0. The summed E-state index contributed by atoms with van der Waals surface area (Å²) in [5.74, 6) is 1.23. The quantitative estimate of drug-likeness (QED) is 0.0437. The molecule has 0 spiro atoms. The average Bonchev–Trinajstić information content (AvgIpc) is 4.07. The van der Waals surface area contributed by atoms with E-state index >= 15 is 0 Å². The number of nitrogens with two attached hydrogens (primary N) is 3. The fraction of sp³-hybridized carbons (Fsp3) is 0.733. The predicted octanol–water partition coefficient (Wildman–Crippen LogP) is 1.68. The molecule has 2 aliphatic rings. The Kier molecular flexibility index (Phi) is 24.7. The Bertz CT molecular complexity index is 2180. The van der Waals surface area contributed by atoms with Gasteiger partial charge in [-0.25, -0.2) is 14.2 Å². The fourth-order valence-electron chi connectivity index (χ4n) is 8.03. The molecule has 408 valence electrons. The number of amides is 2. The standard InChI is InChI=1S/C45H72F3N17O7.ClH/c1-6-21-69-23-25-71-26-24-70-22-12-52-42-53-43(55-44(54-42)63-19-15-61(16-20-63)40(67)38(32(5)7-2)65-29-35(56-59-65)33(50)27-31(3)4)62-17-13-60(14-18-62)39(66)37(10-8-9-11-49)64-28-36(57-58-64)34(51)30-72-41(68)45(46,47)48;/h1,28-29,31-34,37-38H,7-27,30,49-51H2,2-5H3,(H,52,53,54,55);1H/t32-,33?,34?,37-,38?;/m0./s1. The van der Waals surface area contributed by atoms with Crippen LogP contribution < -0.4 is 32.3 Å². The van der Waals surface area contributed by atoms with Crippen LogP contribution in [0.1, 0.15) is 95.4 Å². The molecule has 28 heteroatoms. The number of terminal acetylenes is 1. The van der Waals surface area contributed by atoms with E-state index in [0.29, 0.717) is 147 Å². The molecule has 7 N–H and O–H groups in total. The molecule has 73 heavy (non-hydrogen) atoms. The van der Waals surface area contributed by atoms with E-state index in [9.17, 15) is 27.6 Å². The molecular weight excluding hydrogens is 983 g/mol. The number of aromatic nitrogens is 9. The Morgan fingerprint density at radius 1 is 0.781 bits per heavy atom. The van der Waals surface area contributed by atoms with Gasteiger partial charge in [-0.2, -0.15) is 28.1 Å². The molecule has 0 radical (unpaired) electrons. The van der Waals surface area contributed by atoms with Crippen LogP contribution in [0.15, 0.2) is 12.4 Å². The molecule has 2 amide bonds. The zero-order chi connectivity index (χ0) is 52.2. The van der Waals surface area contributed by atoms with Crippen molar-refractivity contribution >= 4 is 48.0 Å². The van der Waals surface area contributed by atoms with Crippen molar-refractivity contribution in [2.24, 2.45) is 29.0 Å². The Morgan fingerprint density at radius 2 is 1.33 bits per heavy atom.